The topological polar surface area (TPSA) is 33.5 Å². The molecule has 148 valence electrons. The van der Waals surface area contributed by atoms with E-state index in [-0.39, 0.29) is 11.7 Å². The molecule has 3 nitrogen and oxygen atoms in total. The lowest BCUT2D eigenvalue weighted by Gasteiger charge is -2.30. The van der Waals surface area contributed by atoms with Gasteiger partial charge >= 0.3 is 0 Å². The zero-order valence-corrected chi connectivity index (χ0v) is 19.1. The summed E-state index contributed by atoms with van der Waals surface area (Å²) in [6.45, 7) is 0. The molecule has 2 heterocycles. The SMILES string of the molecule is O=C(c1ccc(-c2ccc(Br)cc2Cl)o1)N1c2ccccc2Sc2ccc(Cl)cc21. The van der Waals surface area contributed by atoms with Crippen molar-refractivity contribution in [2.45, 2.75) is 9.79 Å². The number of rotatable bonds is 2. The first-order valence-corrected chi connectivity index (χ1v) is 11.3. The Morgan fingerprint density at radius 2 is 1.70 bits per heavy atom. The predicted octanol–water partition coefficient (Wildman–Crippen LogP) is 8.46. The molecule has 0 N–H and O–H groups in total. The quantitative estimate of drug-likeness (QED) is 0.268. The third-order valence-electron chi connectivity index (χ3n) is 4.70. The fourth-order valence-corrected chi connectivity index (χ4v) is 5.32. The van der Waals surface area contributed by atoms with Gasteiger partial charge in [-0.3, -0.25) is 9.69 Å². The average Bonchev–Trinajstić information content (AvgIpc) is 3.21. The monoisotopic (exact) mass is 515 g/mol. The van der Waals surface area contributed by atoms with Gasteiger partial charge in [0.25, 0.3) is 5.91 Å². The molecule has 1 amide bonds. The first-order valence-electron chi connectivity index (χ1n) is 8.97. The molecule has 0 aliphatic carbocycles. The number of halogens is 3. The highest BCUT2D eigenvalue weighted by atomic mass is 79.9. The van der Waals surface area contributed by atoms with Crippen LogP contribution >= 0.6 is 50.9 Å². The van der Waals surface area contributed by atoms with Crippen molar-refractivity contribution in [2.24, 2.45) is 0 Å². The van der Waals surface area contributed by atoms with E-state index >= 15 is 0 Å². The summed E-state index contributed by atoms with van der Waals surface area (Å²) in [6.07, 6.45) is 0. The van der Waals surface area contributed by atoms with Crippen LogP contribution in [-0.2, 0) is 0 Å². The Kier molecular flexibility index (Phi) is 5.15. The van der Waals surface area contributed by atoms with E-state index in [0.29, 0.717) is 15.8 Å². The fourth-order valence-electron chi connectivity index (χ4n) is 3.34. The number of carbonyl (C=O) groups excluding carboxylic acids is 1. The van der Waals surface area contributed by atoms with Crippen LogP contribution in [0.1, 0.15) is 10.6 Å². The highest BCUT2D eigenvalue weighted by Gasteiger charge is 2.31. The van der Waals surface area contributed by atoms with E-state index < -0.39 is 0 Å². The van der Waals surface area contributed by atoms with Gasteiger partial charge in [0.2, 0.25) is 0 Å². The largest absolute Gasteiger partial charge is 0.451 e. The molecule has 1 aromatic heterocycles. The normalized spacial score (nSPS) is 12.4. The summed E-state index contributed by atoms with van der Waals surface area (Å²) in [4.78, 5) is 17.2. The number of amides is 1. The van der Waals surface area contributed by atoms with E-state index in [2.05, 4.69) is 15.9 Å². The predicted molar refractivity (Wildman–Crippen MR) is 125 cm³/mol. The lowest BCUT2D eigenvalue weighted by molar-refractivity contribution is 0.0972. The van der Waals surface area contributed by atoms with Crippen LogP contribution in [0.25, 0.3) is 11.3 Å². The summed E-state index contributed by atoms with van der Waals surface area (Å²) in [5.41, 5.74) is 2.25. The number of anilines is 2. The molecule has 30 heavy (non-hydrogen) atoms. The smallest absolute Gasteiger partial charge is 0.298 e. The number of benzene rings is 3. The molecule has 1 aliphatic rings. The zero-order chi connectivity index (χ0) is 20.8. The van der Waals surface area contributed by atoms with Crippen molar-refractivity contribution >= 4 is 68.2 Å². The molecule has 0 saturated heterocycles. The second-order valence-electron chi connectivity index (χ2n) is 6.61. The highest BCUT2D eigenvalue weighted by Crippen LogP contribution is 2.49. The number of furan rings is 1. The fraction of sp³-hybridized carbons (Fsp3) is 0. The number of carbonyl (C=O) groups is 1. The Labute approximate surface area is 195 Å². The molecular formula is C23H12BrCl2NO2S. The highest BCUT2D eigenvalue weighted by molar-refractivity contribution is 9.10. The third kappa shape index (κ3) is 3.46. The van der Waals surface area contributed by atoms with Gasteiger partial charge in [0, 0.05) is 24.8 Å². The lowest BCUT2D eigenvalue weighted by Crippen LogP contribution is -2.28. The molecule has 0 atom stereocenters. The maximum Gasteiger partial charge on any atom is 0.298 e. The van der Waals surface area contributed by atoms with Crippen LogP contribution in [0.4, 0.5) is 11.4 Å². The van der Waals surface area contributed by atoms with Gasteiger partial charge in [0.05, 0.1) is 16.4 Å². The van der Waals surface area contributed by atoms with Crippen LogP contribution in [0.5, 0.6) is 0 Å². The van der Waals surface area contributed by atoms with Crippen LogP contribution in [0.2, 0.25) is 10.0 Å². The first-order chi connectivity index (χ1) is 14.5. The summed E-state index contributed by atoms with van der Waals surface area (Å²) in [5.74, 6) is 0.476. The number of nitrogens with zero attached hydrogens (tertiary/aromatic N) is 1. The van der Waals surface area contributed by atoms with E-state index in [1.165, 1.54) is 0 Å². The average molecular weight is 517 g/mol. The first kappa shape index (κ1) is 19.8. The van der Waals surface area contributed by atoms with Crippen LogP contribution in [0, 0.1) is 0 Å². The molecule has 0 radical (unpaired) electrons. The molecule has 5 rings (SSSR count). The van der Waals surface area contributed by atoms with Crippen LogP contribution in [0.15, 0.2) is 91.5 Å². The molecule has 4 aromatic rings. The molecule has 7 heteroatoms. The summed E-state index contributed by atoms with van der Waals surface area (Å²) < 4.78 is 6.81. The molecule has 0 spiro atoms. The summed E-state index contributed by atoms with van der Waals surface area (Å²) in [7, 11) is 0. The maximum absolute atomic E-state index is 13.6. The van der Waals surface area contributed by atoms with Crippen molar-refractivity contribution in [3.8, 4) is 11.3 Å². The molecular weight excluding hydrogens is 505 g/mol. The second kappa shape index (κ2) is 7.82. The van der Waals surface area contributed by atoms with Crippen LogP contribution < -0.4 is 4.90 Å². The van der Waals surface area contributed by atoms with Crippen molar-refractivity contribution in [1.29, 1.82) is 0 Å². The van der Waals surface area contributed by atoms with Gasteiger partial charge in [0.15, 0.2) is 5.76 Å². The summed E-state index contributed by atoms with van der Waals surface area (Å²) >= 11 is 17.6. The summed E-state index contributed by atoms with van der Waals surface area (Å²) in [6, 6.07) is 22.3. The Bertz CT molecular complexity index is 1300. The molecule has 1 aliphatic heterocycles. The lowest BCUT2D eigenvalue weighted by atomic mass is 10.2. The molecule has 0 bridgehead atoms. The van der Waals surface area contributed by atoms with Crippen molar-refractivity contribution in [1.82, 2.24) is 0 Å². The van der Waals surface area contributed by atoms with E-state index in [4.69, 9.17) is 27.6 Å². The van der Waals surface area contributed by atoms with Crippen LogP contribution in [-0.4, -0.2) is 5.91 Å². The third-order valence-corrected chi connectivity index (χ3v) is 6.88. The Morgan fingerprint density at radius 3 is 2.53 bits per heavy atom. The van der Waals surface area contributed by atoms with Gasteiger partial charge in [-0.05, 0) is 60.7 Å². The Morgan fingerprint density at radius 1 is 0.900 bits per heavy atom. The van der Waals surface area contributed by atoms with Crippen molar-refractivity contribution in [3.63, 3.8) is 0 Å². The molecule has 0 unspecified atom stereocenters. The van der Waals surface area contributed by atoms with Gasteiger partial charge in [-0.15, -0.1) is 0 Å². The summed E-state index contributed by atoms with van der Waals surface area (Å²) in [5, 5.41) is 1.10. The Balaban J connectivity index is 1.59. The van der Waals surface area contributed by atoms with E-state index in [9.17, 15) is 4.79 Å². The number of fused-ring (bicyclic) bond motifs is 2. The zero-order valence-electron chi connectivity index (χ0n) is 15.2. The number of hydrogen-bond donors (Lipinski definition) is 0. The molecule has 0 saturated carbocycles. The van der Waals surface area contributed by atoms with E-state index in [1.54, 1.807) is 40.9 Å². The van der Waals surface area contributed by atoms with Crippen molar-refractivity contribution in [3.05, 3.63) is 93.1 Å². The van der Waals surface area contributed by atoms with Crippen molar-refractivity contribution < 1.29 is 9.21 Å². The van der Waals surface area contributed by atoms with Gasteiger partial charge in [-0.25, -0.2) is 0 Å². The van der Waals surface area contributed by atoms with E-state index in [0.717, 1.165) is 31.2 Å². The molecule has 0 fully saturated rings. The standard InChI is InChI=1S/C23H12BrCl2NO2S/c24-13-5-7-15(16(26)11-13)19-8-9-20(29-19)23(28)27-17-3-1-2-4-21(17)30-22-10-6-14(25)12-18(22)27/h1-12H. The minimum atomic E-state index is -0.272. The van der Waals surface area contributed by atoms with Gasteiger partial charge in [-0.2, -0.15) is 0 Å². The molecule has 3 aromatic carbocycles. The van der Waals surface area contributed by atoms with Gasteiger partial charge < -0.3 is 4.42 Å². The maximum atomic E-state index is 13.6. The number of hydrogen-bond acceptors (Lipinski definition) is 3. The van der Waals surface area contributed by atoms with Gasteiger partial charge in [-0.1, -0.05) is 63.0 Å². The number of para-hydroxylation sites is 1. The minimum Gasteiger partial charge on any atom is -0.451 e. The van der Waals surface area contributed by atoms with Gasteiger partial charge in [0.1, 0.15) is 5.76 Å². The van der Waals surface area contributed by atoms with Crippen molar-refractivity contribution in [2.75, 3.05) is 4.90 Å². The minimum absolute atomic E-state index is 0.219. The second-order valence-corrected chi connectivity index (χ2v) is 9.45. The van der Waals surface area contributed by atoms with E-state index in [1.807, 2.05) is 48.5 Å². The Hall–Kier alpha value is -2.18. The van der Waals surface area contributed by atoms with Crippen LogP contribution in [0.3, 0.4) is 0 Å².